The van der Waals surface area contributed by atoms with Crippen molar-refractivity contribution in [1.29, 1.82) is 0 Å². The Balaban J connectivity index is 1.87. The smallest absolute Gasteiger partial charge is 0.296 e. The van der Waals surface area contributed by atoms with Gasteiger partial charge in [0.15, 0.2) is 0 Å². The van der Waals surface area contributed by atoms with E-state index in [2.05, 4.69) is 17.1 Å². The number of anilines is 2. The van der Waals surface area contributed by atoms with Crippen molar-refractivity contribution in [1.82, 2.24) is 0 Å². The highest BCUT2D eigenvalue weighted by Crippen LogP contribution is 2.36. The molecular formula is C15H17ClN2O2. The lowest BCUT2D eigenvalue weighted by atomic mass is 9.94. The van der Waals surface area contributed by atoms with Crippen molar-refractivity contribution in [2.24, 2.45) is 5.92 Å². The standard InChI is InChI=1S/C15H17ClN2O2/c1-2-9-3-5-18(6-4-9)13-8-12-10(7-11(13)16)14(19)15(20)17-12/h7-9H,2-6H2,1H3,(H,17,19,20). The van der Waals surface area contributed by atoms with Gasteiger partial charge < -0.3 is 10.2 Å². The molecule has 2 heterocycles. The maximum Gasteiger partial charge on any atom is 0.296 e. The van der Waals surface area contributed by atoms with Crippen molar-refractivity contribution in [3.8, 4) is 0 Å². The second kappa shape index (κ2) is 5.09. The number of amides is 1. The molecule has 1 aromatic carbocycles. The first-order valence-electron chi connectivity index (χ1n) is 7.04. The summed E-state index contributed by atoms with van der Waals surface area (Å²) < 4.78 is 0. The van der Waals surface area contributed by atoms with Gasteiger partial charge in [-0.25, -0.2) is 0 Å². The van der Waals surface area contributed by atoms with Crippen LogP contribution >= 0.6 is 11.6 Å². The van der Waals surface area contributed by atoms with Crippen LogP contribution in [0.4, 0.5) is 11.4 Å². The van der Waals surface area contributed by atoms with Crippen LogP contribution in [-0.4, -0.2) is 24.8 Å². The molecule has 1 N–H and O–H groups in total. The van der Waals surface area contributed by atoms with E-state index in [4.69, 9.17) is 11.6 Å². The van der Waals surface area contributed by atoms with E-state index in [0.29, 0.717) is 16.3 Å². The Morgan fingerprint density at radius 1 is 1.30 bits per heavy atom. The Kier molecular flexibility index (Phi) is 3.42. The van der Waals surface area contributed by atoms with Gasteiger partial charge >= 0.3 is 0 Å². The lowest BCUT2D eigenvalue weighted by molar-refractivity contribution is -0.112. The fourth-order valence-electron chi connectivity index (χ4n) is 2.98. The zero-order chi connectivity index (χ0) is 14.3. The van der Waals surface area contributed by atoms with Crippen molar-refractivity contribution in [2.45, 2.75) is 26.2 Å². The van der Waals surface area contributed by atoms with Gasteiger partial charge in [0.25, 0.3) is 11.7 Å². The molecule has 0 radical (unpaired) electrons. The van der Waals surface area contributed by atoms with Gasteiger partial charge in [0, 0.05) is 13.1 Å². The third kappa shape index (κ3) is 2.18. The molecule has 0 aliphatic carbocycles. The van der Waals surface area contributed by atoms with E-state index in [1.54, 1.807) is 6.07 Å². The summed E-state index contributed by atoms with van der Waals surface area (Å²) in [5, 5.41) is 3.14. The monoisotopic (exact) mass is 292 g/mol. The first-order valence-corrected chi connectivity index (χ1v) is 7.42. The minimum Gasteiger partial charge on any atom is -0.370 e. The summed E-state index contributed by atoms with van der Waals surface area (Å²) in [7, 11) is 0. The third-order valence-electron chi connectivity index (χ3n) is 4.32. The minimum absolute atomic E-state index is 0.382. The van der Waals surface area contributed by atoms with E-state index in [0.717, 1.165) is 37.5 Å². The number of halogens is 1. The molecular weight excluding hydrogens is 276 g/mol. The number of nitrogens with one attached hydrogen (secondary N) is 1. The van der Waals surface area contributed by atoms with Gasteiger partial charge in [0.1, 0.15) is 0 Å². The Hall–Kier alpha value is -1.55. The quantitative estimate of drug-likeness (QED) is 0.852. The van der Waals surface area contributed by atoms with Crippen molar-refractivity contribution >= 4 is 34.7 Å². The normalized spacial score (nSPS) is 19.2. The van der Waals surface area contributed by atoms with Crippen molar-refractivity contribution < 1.29 is 9.59 Å². The number of ketones is 1. The summed E-state index contributed by atoms with van der Waals surface area (Å²) in [5.41, 5.74) is 1.87. The fourth-order valence-corrected chi connectivity index (χ4v) is 3.26. The van der Waals surface area contributed by atoms with Crippen LogP contribution in [0.1, 0.15) is 36.5 Å². The number of fused-ring (bicyclic) bond motifs is 1. The van der Waals surface area contributed by atoms with Crippen molar-refractivity contribution in [3.63, 3.8) is 0 Å². The predicted molar refractivity (Wildman–Crippen MR) is 79.6 cm³/mol. The average Bonchev–Trinajstić information content (AvgIpc) is 2.74. The van der Waals surface area contributed by atoms with Gasteiger partial charge in [-0.05, 0) is 30.9 Å². The molecule has 3 rings (SSSR count). The second-order valence-corrected chi connectivity index (χ2v) is 5.88. The molecule has 106 valence electrons. The summed E-state index contributed by atoms with van der Waals surface area (Å²) in [6.07, 6.45) is 3.54. The number of piperidine rings is 1. The summed E-state index contributed by atoms with van der Waals surface area (Å²) in [4.78, 5) is 25.3. The lowest BCUT2D eigenvalue weighted by Crippen LogP contribution is -2.33. The third-order valence-corrected chi connectivity index (χ3v) is 4.62. The Morgan fingerprint density at radius 2 is 2.00 bits per heavy atom. The number of carbonyl (C=O) groups is 2. The summed E-state index contributed by atoms with van der Waals surface area (Å²) in [6, 6.07) is 3.44. The highest BCUT2D eigenvalue weighted by molar-refractivity contribution is 6.52. The predicted octanol–water partition coefficient (Wildman–Crippen LogP) is 3.10. The summed E-state index contributed by atoms with van der Waals surface area (Å²) in [6.45, 7) is 4.17. The van der Waals surface area contributed by atoms with Gasteiger partial charge in [0.05, 0.1) is 22.0 Å². The number of Topliss-reactive ketones (excluding diaryl/α,β-unsaturated/α-hetero) is 1. The molecule has 2 aliphatic heterocycles. The van der Waals surface area contributed by atoms with Gasteiger partial charge in [-0.15, -0.1) is 0 Å². The van der Waals surface area contributed by atoms with Gasteiger partial charge in [-0.1, -0.05) is 24.9 Å². The zero-order valence-electron chi connectivity index (χ0n) is 11.4. The molecule has 1 amide bonds. The number of carbonyl (C=O) groups excluding carboxylic acids is 2. The van der Waals surface area contributed by atoms with Crippen LogP contribution < -0.4 is 10.2 Å². The Labute approximate surface area is 123 Å². The van der Waals surface area contributed by atoms with Crippen molar-refractivity contribution in [3.05, 3.63) is 22.7 Å². The molecule has 4 nitrogen and oxygen atoms in total. The molecule has 1 aromatic rings. The van der Waals surface area contributed by atoms with Crippen LogP contribution in [0, 0.1) is 5.92 Å². The zero-order valence-corrected chi connectivity index (χ0v) is 12.2. The first kappa shape index (κ1) is 13.4. The van der Waals surface area contributed by atoms with Crippen molar-refractivity contribution in [2.75, 3.05) is 23.3 Å². The van der Waals surface area contributed by atoms with E-state index in [1.807, 2.05) is 6.07 Å². The molecule has 0 saturated carbocycles. The van der Waals surface area contributed by atoms with Gasteiger partial charge in [-0.3, -0.25) is 9.59 Å². The molecule has 5 heteroatoms. The molecule has 0 atom stereocenters. The molecule has 0 spiro atoms. The van der Waals surface area contributed by atoms with Crippen LogP contribution in [-0.2, 0) is 4.79 Å². The number of hydrogen-bond acceptors (Lipinski definition) is 3. The summed E-state index contributed by atoms with van der Waals surface area (Å²) in [5.74, 6) is -0.281. The minimum atomic E-state index is -0.571. The number of rotatable bonds is 2. The highest BCUT2D eigenvalue weighted by atomic mass is 35.5. The maximum absolute atomic E-state index is 11.6. The van der Waals surface area contributed by atoms with Gasteiger partial charge in [0.2, 0.25) is 0 Å². The first-order chi connectivity index (χ1) is 9.60. The molecule has 0 aromatic heterocycles. The lowest BCUT2D eigenvalue weighted by Gasteiger charge is -2.34. The largest absolute Gasteiger partial charge is 0.370 e. The molecule has 0 unspecified atom stereocenters. The summed E-state index contributed by atoms with van der Waals surface area (Å²) >= 11 is 6.29. The SMILES string of the molecule is CCC1CCN(c2cc3c(cc2Cl)C(=O)C(=O)N3)CC1. The highest BCUT2D eigenvalue weighted by Gasteiger charge is 2.30. The molecule has 1 fully saturated rings. The topological polar surface area (TPSA) is 49.4 Å². The number of hydrogen-bond donors (Lipinski definition) is 1. The van der Waals surface area contributed by atoms with Gasteiger partial charge in [-0.2, -0.15) is 0 Å². The fraction of sp³-hybridized carbons (Fsp3) is 0.467. The second-order valence-electron chi connectivity index (χ2n) is 5.47. The van der Waals surface area contributed by atoms with Crippen LogP contribution in [0.3, 0.4) is 0 Å². The van der Waals surface area contributed by atoms with E-state index in [9.17, 15) is 9.59 Å². The van der Waals surface area contributed by atoms with E-state index in [-0.39, 0.29) is 0 Å². The number of nitrogens with zero attached hydrogens (tertiary/aromatic N) is 1. The molecule has 20 heavy (non-hydrogen) atoms. The molecule has 1 saturated heterocycles. The molecule has 2 aliphatic rings. The Bertz CT molecular complexity index is 577. The number of benzene rings is 1. The van der Waals surface area contributed by atoms with E-state index >= 15 is 0 Å². The van der Waals surface area contributed by atoms with Crippen LogP contribution in [0.2, 0.25) is 5.02 Å². The van der Waals surface area contributed by atoms with E-state index < -0.39 is 11.7 Å². The Morgan fingerprint density at radius 3 is 2.65 bits per heavy atom. The van der Waals surface area contributed by atoms with Crippen LogP contribution in [0.5, 0.6) is 0 Å². The average molecular weight is 293 g/mol. The molecule has 0 bridgehead atoms. The van der Waals surface area contributed by atoms with Crippen LogP contribution in [0.15, 0.2) is 12.1 Å². The van der Waals surface area contributed by atoms with E-state index in [1.165, 1.54) is 6.42 Å². The van der Waals surface area contributed by atoms with Crippen LogP contribution in [0.25, 0.3) is 0 Å². The maximum atomic E-state index is 11.6.